The van der Waals surface area contributed by atoms with Gasteiger partial charge in [-0.15, -0.1) is 11.3 Å². The highest BCUT2D eigenvalue weighted by atomic mass is 32.1. The highest BCUT2D eigenvalue weighted by molar-refractivity contribution is 7.09. The van der Waals surface area contributed by atoms with E-state index in [0.717, 1.165) is 5.01 Å². The van der Waals surface area contributed by atoms with Gasteiger partial charge in [-0.1, -0.05) is 6.92 Å². The van der Waals surface area contributed by atoms with Crippen LogP contribution in [-0.2, 0) is 16.1 Å². The summed E-state index contributed by atoms with van der Waals surface area (Å²) < 4.78 is 10.1. The summed E-state index contributed by atoms with van der Waals surface area (Å²) in [4.78, 5) is 15.7. The van der Waals surface area contributed by atoms with Gasteiger partial charge in [0.2, 0.25) is 0 Å². The fourth-order valence-corrected chi connectivity index (χ4v) is 2.22. The third-order valence-corrected chi connectivity index (χ3v) is 3.56. The van der Waals surface area contributed by atoms with Crippen LogP contribution in [0.2, 0.25) is 0 Å². The van der Waals surface area contributed by atoms with Gasteiger partial charge in [-0.25, -0.2) is 9.78 Å². The van der Waals surface area contributed by atoms with Crippen LogP contribution >= 0.6 is 11.3 Å². The molecule has 88 valence electrons. The normalized spacial score (nSPS) is 23.1. The van der Waals surface area contributed by atoms with E-state index in [9.17, 15) is 4.79 Å². The largest absolute Gasteiger partial charge is 0.461 e. The number of hydrogen-bond acceptors (Lipinski definition) is 5. The number of thiazole rings is 1. The van der Waals surface area contributed by atoms with Crippen molar-refractivity contribution in [1.82, 2.24) is 4.98 Å². The van der Waals surface area contributed by atoms with Crippen molar-refractivity contribution in [2.75, 3.05) is 13.7 Å². The monoisotopic (exact) mass is 241 g/mol. The van der Waals surface area contributed by atoms with Gasteiger partial charge in [0.15, 0.2) is 5.69 Å². The lowest BCUT2D eigenvalue weighted by atomic mass is 10.4. The zero-order valence-electron chi connectivity index (χ0n) is 9.43. The number of methoxy groups -OCH3 is 1. The molecule has 0 amide bonds. The fourth-order valence-electron chi connectivity index (χ4n) is 1.48. The molecule has 2 unspecified atom stereocenters. The van der Waals surface area contributed by atoms with Gasteiger partial charge in [0, 0.05) is 12.5 Å². The maximum atomic E-state index is 11.6. The van der Waals surface area contributed by atoms with E-state index >= 15 is 0 Å². The van der Waals surface area contributed by atoms with E-state index in [4.69, 9.17) is 9.47 Å². The molecule has 0 aromatic carbocycles. The second kappa shape index (κ2) is 4.93. The molecule has 1 aromatic rings. The summed E-state index contributed by atoms with van der Waals surface area (Å²) in [6, 6.07) is 0. The van der Waals surface area contributed by atoms with Gasteiger partial charge in [0.1, 0.15) is 5.01 Å². The van der Waals surface area contributed by atoms with Crippen molar-refractivity contribution in [3.63, 3.8) is 0 Å². The standard InChI is InChI=1S/C11H15NO3S/c1-7-3-8(7)4-15-11(13)9-6-16-10(12-9)5-14-2/h6-8H,3-5H2,1-2H3. The van der Waals surface area contributed by atoms with Crippen LogP contribution in [0, 0.1) is 11.8 Å². The first kappa shape index (κ1) is 11.5. The second-order valence-electron chi connectivity index (χ2n) is 4.13. The van der Waals surface area contributed by atoms with Gasteiger partial charge < -0.3 is 9.47 Å². The Kier molecular flexibility index (Phi) is 3.56. The third kappa shape index (κ3) is 2.80. The molecule has 1 aromatic heterocycles. The smallest absolute Gasteiger partial charge is 0.357 e. The molecule has 5 heteroatoms. The molecular weight excluding hydrogens is 226 g/mol. The van der Waals surface area contributed by atoms with Crippen LogP contribution in [0.3, 0.4) is 0 Å². The first-order valence-electron chi connectivity index (χ1n) is 5.31. The number of carbonyl (C=O) groups is 1. The molecule has 1 aliphatic carbocycles. The molecule has 0 N–H and O–H groups in total. The Morgan fingerprint density at radius 2 is 2.44 bits per heavy atom. The van der Waals surface area contributed by atoms with Gasteiger partial charge in [-0.3, -0.25) is 0 Å². The number of aromatic nitrogens is 1. The molecule has 4 nitrogen and oxygen atoms in total. The van der Waals surface area contributed by atoms with Crippen LogP contribution in [0.25, 0.3) is 0 Å². The first-order chi connectivity index (χ1) is 7.70. The lowest BCUT2D eigenvalue weighted by Crippen LogP contribution is -2.08. The number of nitrogens with zero attached hydrogens (tertiary/aromatic N) is 1. The van der Waals surface area contributed by atoms with Gasteiger partial charge >= 0.3 is 5.97 Å². The molecule has 2 rings (SSSR count). The van der Waals surface area contributed by atoms with E-state index in [1.165, 1.54) is 17.8 Å². The lowest BCUT2D eigenvalue weighted by Gasteiger charge is -2.00. The van der Waals surface area contributed by atoms with Gasteiger partial charge in [-0.05, 0) is 18.3 Å². The third-order valence-electron chi connectivity index (χ3n) is 2.73. The highest BCUT2D eigenvalue weighted by Crippen LogP contribution is 2.37. The lowest BCUT2D eigenvalue weighted by molar-refractivity contribution is 0.0474. The van der Waals surface area contributed by atoms with Crippen molar-refractivity contribution >= 4 is 17.3 Å². The summed E-state index contributed by atoms with van der Waals surface area (Å²) in [7, 11) is 1.61. The molecule has 1 heterocycles. The number of rotatable bonds is 5. The topological polar surface area (TPSA) is 48.4 Å². The SMILES string of the molecule is COCc1nc(C(=O)OCC2CC2C)cs1. The molecular formula is C11H15NO3S. The Morgan fingerprint density at radius 3 is 3.06 bits per heavy atom. The minimum atomic E-state index is -0.322. The molecule has 1 saturated carbocycles. The second-order valence-corrected chi connectivity index (χ2v) is 5.07. The molecule has 0 spiro atoms. The van der Waals surface area contributed by atoms with Crippen molar-refractivity contribution in [2.45, 2.75) is 20.0 Å². The fraction of sp³-hybridized carbons (Fsp3) is 0.636. The van der Waals surface area contributed by atoms with Crippen molar-refractivity contribution in [3.8, 4) is 0 Å². The summed E-state index contributed by atoms with van der Waals surface area (Å²) in [5, 5.41) is 2.52. The Hall–Kier alpha value is -0.940. The van der Waals surface area contributed by atoms with Crippen LogP contribution in [0.4, 0.5) is 0 Å². The molecule has 0 bridgehead atoms. The van der Waals surface area contributed by atoms with Gasteiger partial charge in [0.05, 0.1) is 13.2 Å². The molecule has 16 heavy (non-hydrogen) atoms. The summed E-state index contributed by atoms with van der Waals surface area (Å²) in [5.41, 5.74) is 0.394. The molecule has 0 saturated heterocycles. The highest BCUT2D eigenvalue weighted by Gasteiger charge is 2.33. The van der Waals surface area contributed by atoms with E-state index in [0.29, 0.717) is 30.7 Å². The Labute approximate surface area is 98.6 Å². The minimum Gasteiger partial charge on any atom is -0.461 e. The molecule has 0 radical (unpaired) electrons. The average molecular weight is 241 g/mol. The van der Waals surface area contributed by atoms with E-state index < -0.39 is 0 Å². The average Bonchev–Trinajstić information content (AvgIpc) is 2.78. The van der Waals surface area contributed by atoms with Crippen LogP contribution in [0.1, 0.15) is 28.8 Å². The van der Waals surface area contributed by atoms with E-state index in [2.05, 4.69) is 11.9 Å². The zero-order chi connectivity index (χ0) is 11.5. The summed E-state index contributed by atoms with van der Waals surface area (Å²) in [6.45, 7) is 3.13. The van der Waals surface area contributed by atoms with Crippen molar-refractivity contribution in [3.05, 3.63) is 16.1 Å². The maximum absolute atomic E-state index is 11.6. The van der Waals surface area contributed by atoms with E-state index in [1.807, 2.05) is 0 Å². The van der Waals surface area contributed by atoms with Crippen LogP contribution in [0.5, 0.6) is 0 Å². The zero-order valence-corrected chi connectivity index (χ0v) is 10.3. The Balaban J connectivity index is 1.82. The molecule has 2 atom stereocenters. The van der Waals surface area contributed by atoms with Crippen molar-refractivity contribution in [1.29, 1.82) is 0 Å². The predicted molar refractivity (Wildman–Crippen MR) is 60.4 cm³/mol. The number of ether oxygens (including phenoxy) is 2. The Morgan fingerprint density at radius 1 is 1.69 bits per heavy atom. The summed E-state index contributed by atoms with van der Waals surface area (Å²) >= 11 is 1.42. The number of carbonyl (C=O) groups excluding carboxylic acids is 1. The van der Waals surface area contributed by atoms with Crippen LogP contribution in [-0.4, -0.2) is 24.7 Å². The van der Waals surface area contributed by atoms with E-state index in [-0.39, 0.29) is 5.97 Å². The maximum Gasteiger partial charge on any atom is 0.357 e. The van der Waals surface area contributed by atoms with Gasteiger partial charge in [-0.2, -0.15) is 0 Å². The Bertz CT molecular complexity index is 377. The molecule has 1 fully saturated rings. The minimum absolute atomic E-state index is 0.322. The summed E-state index contributed by atoms with van der Waals surface area (Å²) in [6.07, 6.45) is 1.17. The van der Waals surface area contributed by atoms with Crippen molar-refractivity contribution in [2.24, 2.45) is 11.8 Å². The van der Waals surface area contributed by atoms with Crippen LogP contribution < -0.4 is 0 Å². The van der Waals surface area contributed by atoms with Gasteiger partial charge in [0.25, 0.3) is 0 Å². The molecule has 0 aliphatic heterocycles. The van der Waals surface area contributed by atoms with Crippen LogP contribution in [0.15, 0.2) is 5.38 Å². The predicted octanol–water partition coefficient (Wildman–Crippen LogP) is 2.10. The molecule has 1 aliphatic rings. The summed E-state index contributed by atoms with van der Waals surface area (Å²) in [5.74, 6) is 0.936. The van der Waals surface area contributed by atoms with E-state index in [1.54, 1.807) is 12.5 Å². The first-order valence-corrected chi connectivity index (χ1v) is 6.19. The number of hydrogen-bond donors (Lipinski definition) is 0. The quantitative estimate of drug-likeness (QED) is 0.741. The van der Waals surface area contributed by atoms with Crippen molar-refractivity contribution < 1.29 is 14.3 Å². The number of esters is 1.